The Morgan fingerprint density at radius 1 is 1.10 bits per heavy atom. The molecular weight excluding hydrogens is 259 g/mol. The van der Waals surface area contributed by atoms with Crippen LogP contribution in [0.15, 0.2) is 54.6 Å². The van der Waals surface area contributed by atoms with E-state index in [-0.39, 0.29) is 12.1 Å². The first kappa shape index (κ1) is 14.0. The van der Waals surface area contributed by atoms with E-state index >= 15 is 0 Å². The molecule has 2 aromatic rings. The number of nitrogens with one attached hydrogen (secondary N) is 2. The first-order valence-electron chi connectivity index (χ1n) is 6.19. The molecule has 2 amide bonds. The Morgan fingerprint density at radius 2 is 1.75 bits per heavy atom. The van der Waals surface area contributed by atoms with Gasteiger partial charge in [0.05, 0.1) is 6.10 Å². The maximum absolute atomic E-state index is 13.4. The van der Waals surface area contributed by atoms with Crippen molar-refractivity contribution < 1.29 is 14.3 Å². The van der Waals surface area contributed by atoms with E-state index in [0.29, 0.717) is 5.69 Å². The zero-order valence-electron chi connectivity index (χ0n) is 10.7. The van der Waals surface area contributed by atoms with Crippen LogP contribution in [0.25, 0.3) is 0 Å². The van der Waals surface area contributed by atoms with E-state index in [2.05, 4.69) is 10.6 Å². The largest absolute Gasteiger partial charge is 0.386 e. The lowest BCUT2D eigenvalue weighted by molar-refractivity contribution is 0.170. The SMILES string of the molecule is O=C(NC[C@@H](O)c1ccccc1F)Nc1ccccc1. The van der Waals surface area contributed by atoms with Crippen LogP contribution in [0.1, 0.15) is 11.7 Å². The summed E-state index contributed by atoms with van der Waals surface area (Å²) in [6, 6.07) is 14.4. The van der Waals surface area contributed by atoms with E-state index in [1.165, 1.54) is 12.1 Å². The van der Waals surface area contributed by atoms with Crippen LogP contribution >= 0.6 is 0 Å². The van der Waals surface area contributed by atoms with Crippen molar-refractivity contribution in [1.82, 2.24) is 5.32 Å². The fourth-order valence-electron chi connectivity index (χ4n) is 1.74. The van der Waals surface area contributed by atoms with Gasteiger partial charge >= 0.3 is 6.03 Å². The number of para-hydroxylation sites is 1. The average Bonchev–Trinajstić information content (AvgIpc) is 2.46. The first-order chi connectivity index (χ1) is 9.66. The van der Waals surface area contributed by atoms with E-state index in [4.69, 9.17) is 0 Å². The van der Waals surface area contributed by atoms with E-state index in [1.54, 1.807) is 36.4 Å². The third-order valence-electron chi connectivity index (χ3n) is 2.75. The number of amides is 2. The normalized spacial score (nSPS) is 11.7. The number of benzene rings is 2. The summed E-state index contributed by atoms with van der Waals surface area (Å²) >= 11 is 0. The summed E-state index contributed by atoms with van der Waals surface area (Å²) in [6.45, 7) is -0.0698. The van der Waals surface area contributed by atoms with Crippen LogP contribution in [0.2, 0.25) is 0 Å². The summed E-state index contributed by atoms with van der Waals surface area (Å²) in [7, 11) is 0. The van der Waals surface area contributed by atoms with E-state index in [1.807, 2.05) is 6.07 Å². The highest BCUT2D eigenvalue weighted by molar-refractivity contribution is 5.89. The lowest BCUT2D eigenvalue weighted by Crippen LogP contribution is -2.32. The maximum atomic E-state index is 13.4. The van der Waals surface area contributed by atoms with Crippen molar-refractivity contribution >= 4 is 11.7 Å². The molecule has 0 unspecified atom stereocenters. The summed E-state index contributed by atoms with van der Waals surface area (Å²) in [6.07, 6.45) is -1.09. The number of halogens is 1. The highest BCUT2D eigenvalue weighted by Crippen LogP contribution is 2.15. The van der Waals surface area contributed by atoms with Crippen LogP contribution in [-0.4, -0.2) is 17.7 Å². The fraction of sp³-hybridized carbons (Fsp3) is 0.133. The first-order valence-corrected chi connectivity index (χ1v) is 6.19. The van der Waals surface area contributed by atoms with Gasteiger partial charge in [0.15, 0.2) is 0 Å². The maximum Gasteiger partial charge on any atom is 0.319 e. The van der Waals surface area contributed by atoms with E-state index in [0.717, 1.165) is 0 Å². The molecule has 5 heteroatoms. The minimum absolute atomic E-state index is 0.0698. The second-order valence-electron chi connectivity index (χ2n) is 4.24. The van der Waals surface area contributed by atoms with Gasteiger partial charge in [0.1, 0.15) is 5.82 Å². The van der Waals surface area contributed by atoms with Crippen molar-refractivity contribution in [2.24, 2.45) is 0 Å². The molecular formula is C15H15FN2O2. The van der Waals surface area contributed by atoms with Gasteiger partial charge in [-0.3, -0.25) is 0 Å². The van der Waals surface area contributed by atoms with Crippen molar-refractivity contribution in [3.05, 3.63) is 66.0 Å². The van der Waals surface area contributed by atoms with Crippen LogP contribution in [0.3, 0.4) is 0 Å². The molecule has 0 bridgehead atoms. The molecule has 0 aromatic heterocycles. The lowest BCUT2D eigenvalue weighted by Gasteiger charge is -2.13. The van der Waals surface area contributed by atoms with Crippen LogP contribution in [-0.2, 0) is 0 Å². The molecule has 0 aliphatic carbocycles. The molecule has 2 aromatic carbocycles. The molecule has 0 aliphatic rings. The molecule has 0 spiro atoms. The molecule has 20 heavy (non-hydrogen) atoms. The molecule has 0 radical (unpaired) electrons. The zero-order chi connectivity index (χ0) is 14.4. The van der Waals surface area contributed by atoms with Gasteiger partial charge < -0.3 is 15.7 Å². The third-order valence-corrected chi connectivity index (χ3v) is 2.75. The summed E-state index contributed by atoms with van der Waals surface area (Å²) in [5, 5.41) is 14.9. The monoisotopic (exact) mass is 274 g/mol. The molecule has 0 saturated carbocycles. The Labute approximate surface area is 116 Å². The molecule has 0 saturated heterocycles. The number of hydrogen-bond donors (Lipinski definition) is 3. The van der Waals surface area contributed by atoms with E-state index in [9.17, 15) is 14.3 Å². The smallest absolute Gasteiger partial charge is 0.319 e. The number of rotatable bonds is 4. The third kappa shape index (κ3) is 3.80. The van der Waals surface area contributed by atoms with Crippen LogP contribution in [0, 0.1) is 5.82 Å². The Balaban J connectivity index is 1.86. The molecule has 1 atom stereocenters. The molecule has 104 valence electrons. The average molecular weight is 274 g/mol. The second kappa shape index (κ2) is 6.68. The topological polar surface area (TPSA) is 61.4 Å². The summed E-state index contributed by atoms with van der Waals surface area (Å²) in [5.41, 5.74) is 0.804. The summed E-state index contributed by atoms with van der Waals surface area (Å²) in [4.78, 5) is 11.6. The number of hydrogen-bond acceptors (Lipinski definition) is 2. The quantitative estimate of drug-likeness (QED) is 0.802. The Kier molecular flexibility index (Phi) is 4.68. The van der Waals surface area contributed by atoms with Crippen molar-refractivity contribution in [3.8, 4) is 0 Å². The van der Waals surface area contributed by atoms with Gasteiger partial charge in [-0.1, -0.05) is 36.4 Å². The van der Waals surface area contributed by atoms with Crippen molar-refractivity contribution in [2.45, 2.75) is 6.10 Å². The van der Waals surface area contributed by atoms with Gasteiger partial charge in [-0.2, -0.15) is 0 Å². The van der Waals surface area contributed by atoms with Gasteiger partial charge in [0, 0.05) is 17.8 Å². The van der Waals surface area contributed by atoms with Gasteiger partial charge in [-0.15, -0.1) is 0 Å². The summed E-state index contributed by atoms with van der Waals surface area (Å²) < 4.78 is 13.4. The lowest BCUT2D eigenvalue weighted by atomic mass is 10.1. The van der Waals surface area contributed by atoms with Gasteiger partial charge in [0.25, 0.3) is 0 Å². The molecule has 4 nitrogen and oxygen atoms in total. The van der Waals surface area contributed by atoms with Crippen LogP contribution in [0.4, 0.5) is 14.9 Å². The van der Waals surface area contributed by atoms with Crippen molar-refractivity contribution in [2.75, 3.05) is 11.9 Å². The van der Waals surface area contributed by atoms with E-state index < -0.39 is 18.0 Å². The summed E-state index contributed by atoms with van der Waals surface area (Å²) in [5.74, 6) is -0.495. The number of anilines is 1. The number of aliphatic hydroxyl groups is 1. The Morgan fingerprint density at radius 3 is 2.45 bits per heavy atom. The second-order valence-corrected chi connectivity index (χ2v) is 4.24. The predicted octanol–water partition coefficient (Wildman–Crippen LogP) is 2.68. The number of urea groups is 1. The van der Waals surface area contributed by atoms with Crippen molar-refractivity contribution in [1.29, 1.82) is 0 Å². The number of aliphatic hydroxyl groups excluding tert-OH is 1. The molecule has 3 N–H and O–H groups in total. The number of carbonyl (C=O) groups is 1. The van der Waals surface area contributed by atoms with Crippen molar-refractivity contribution in [3.63, 3.8) is 0 Å². The minimum Gasteiger partial charge on any atom is -0.386 e. The Hall–Kier alpha value is -2.40. The predicted molar refractivity (Wildman–Crippen MR) is 74.8 cm³/mol. The highest BCUT2D eigenvalue weighted by atomic mass is 19.1. The van der Waals surface area contributed by atoms with Crippen LogP contribution < -0.4 is 10.6 Å². The molecule has 2 rings (SSSR count). The minimum atomic E-state index is -1.09. The fourth-order valence-corrected chi connectivity index (χ4v) is 1.74. The molecule has 0 fully saturated rings. The molecule has 0 heterocycles. The standard InChI is InChI=1S/C15H15FN2O2/c16-13-9-5-4-8-12(13)14(19)10-17-15(20)18-11-6-2-1-3-7-11/h1-9,14,19H,10H2,(H2,17,18,20)/t14-/m1/s1. The molecule has 0 aliphatic heterocycles. The van der Waals surface area contributed by atoms with Gasteiger partial charge in [0.2, 0.25) is 0 Å². The zero-order valence-corrected chi connectivity index (χ0v) is 10.7. The highest BCUT2D eigenvalue weighted by Gasteiger charge is 2.13. The van der Waals surface area contributed by atoms with Gasteiger partial charge in [-0.25, -0.2) is 9.18 Å². The van der Waals surface area contributed by atoms with Gasteiger partial charge in [-0.05, 0) is 18.2 Å². The Bertz CT molecular complexity index is 575. The number of carbonyl (C=O) groups excluding carboxylic acids is 1. The van der Waals surface area contributed by atoms with Crippen LogP contribution in [0.5, 0.6) is 0 Å².